The Kier molecular flexibility index (Phi) is 10.2. The van der Waals surface area contributed by atoms with Gasteiger partial charge in [-0.2, -0.15) is 18.2 Å². The van der Waals surface area contributed by atoms with Gasteiger partial charge < -0.3 is 24.8 Å². The van der Waals surface area contributed by atoms with Gasteiger partial charge in [0.2, 0.25) is 17.7 Å². The summed E-state index contributed by atoms with van der Waals surface area (Å²) in [6, 6.07) is 5.35. The molecule has 1 fully saturated rings. The van der Waals surface area contributed by atoms with Crippen LogP contribution in [0.15, 0.2) is 30.5 Å². The number of pyridine rings is 2. The summed E-state index contributed by atoms with van der Waals surface area (Å²) < 4.78 is 53.6. The van der Waals surface area contributed by atoms with Crippen molar-refractivity contribution in [2.24, 2.45) is 5.92 Å². The first-order chi connectivity index (χ1) is 18.0. The second-order valence-electron chi connectivity index (χ2n) is 9.02. The molecule has 1 unspecified atom stereocenters. The predicted molar refractivity (Wildman–Crippen MR) is 132 cm³/mol. The van der Waals surface area contributed by atoms with Gasteiger partial charge in [-0.25, -0.2) is 4.98 Å². The molecule has 2 aromatic heterocycles. The summed E-state index contributed by atoms with van der Waals surface area (Å²) in [5.74, 6) is -1.06. The number of rotatable bonds is 11. The zero-order valence-electron chi connectivity index (χ0n) is 21.5. The maximum Gasteiger partial charge on any atom is 0.422 e. The second kappa shape index (κ2) is 13.4. The predicted octanol–water partition coefficient (Wildman–Crippen LogP) is 3.21. The minimum atomic E-state index is -4.54. The van der Waals surface area contributed by atoms with Crippen LogP contribution in [0.4, 0.5) is 19.0 Å². The van der Waals surface area contributed by atoms with Crippen molar-refractivity contribution in [2.45, 2.75) is 33.0 Å². The molecule has 1 saturated heterocycles. The summed E-state index contributed by atoms with van der Waals surface area (Å²) >= 11 is 0. The van der Waals surface area contributed by atoms with Crippen LogP contribution in [0.1, 0.15) is 42.7 Å². The van der Waals surface area contributed by atoms with E-state index in [1.54, 1.807) is 32.9 Å². The molecule has 208 valence electrons. The summed E-state index contributed by atoms with van der Waals surface area (Å²) in [4.78, 5) is 35.4. The van der Waals surface area contributed by atoms with Crippen molar-refractivity contribution in [3.8, 4) is 11.8 Å². The highest BCUT2D eigenvalue weighted by atomic mass is 19.4. The molecular weight excluding hydrogens is 507 g/mol. The van der Waals surface area contributed by atoms with Crippen LogP contribution in [0, 0.1) is 5.92 Å². The van der Waals surface area contributed by atoms with Crippen molar-refractivity contribution in [2.75, 3.05) is 51.4 Å². The Balaban J connectivity index is 1.72. The largest absolute Gasteiger partial charge is 0.476 e. The van der Waals surface area contributed by atoms with Gasteiger partial charge in [-0.1, -0.05) is 13.8 Å². The third kappa shape index (κ3) is 9.14. The van der Waals surface area contributed by atoms with Crippen LogP contribution in [0.25, 0.3) is 0 Å². The second-order valence-corrected chi connectivity index (χ2v) is 9.02. The molecule has 2 N–H and O–H groups in total. The van der Waals surface area contributed by atoms with Crippen molar-refractivity contribution in [1.82, 2.24) is 20.2 Å². The van der Waals surface area contributed by atoms with Crippen LogP contribution < -0.4 is 20.1 Å². The van der Waals surface area contributed by atoms with Gasteiger partial charge in [-0.15, -0.1) is 0 Å². The highest BCUT2D eigenvalue weighted by Gasteiger charge is 2.29. The maximum atomic E-state index is 13.1. The fourth-order valence-corrected chi connectivity index (χ4v) is 3.45. The molecule has 0 saturated carbocycles. The Hall–Kier alpha value is -3.45. The standard InChI is InChI=1S/C25H32F3N5O5/c1-16(2)22(34)31-20-14-18(6-7-29-20)17(3)30-23(35)19-4-5-21(38-15-25(26,27)28)32-24(19)37-13-10-33-8-11-36-12-9-33/h4-7,14,16-17H,8-13,15H2,1-3H3,(H,30,35)(H,29,31,34). The lowest BCUT2D eigenvalue weighted by Crippen LogP contribution is -2.38. The summed E-state index contributed by atoms with van der Waals surface area (Å²) in [6.07, 6.45) is -3.02. The third-order valence-electron chi connectivity index (χ3n) is 5.62. The van der Waals surface area contributed by atoms with Crippen LogP contribution in [0.2, 0.25) is 0 Å². The molecule has 13 heteroatoms. The number of halogens is 3. The fourth-order valence-electron chi connectivity index (χ4n) is 3.45. The average Bonchev–Trinajstić information content (AvgIpc) is 2.87. The molecule has 0 radical (unpaired) electrons. The topological polar surface area (TPSA) is 115 Å². The first-order valence-corrected chi connectivity index (χ1v) is 12.2. The summed E-state index contributed by atoms with van der Waals surface area (Å²) in [5, 5.41) is 5.54. The third-order valence-corrected chi connectivity index (χ3v) is 5.62. The molecule has 0 spiro atoms. The van der Waals surface area contributed by atoms with Gasteiger partial charge in [0.05, 0.1) is 19.3 Å². The maximum absolute atomic E-state index is 13.1. The number of nitrogens with zero attached hydrogens (tertiary/aromatic N) is 3. The quantitative estimate of drug-likeness (QED) is 0.448. The van der Waals surface area contributed by atoms with Gasteiger partial charge in [0.15, 0.2) is 6.61 Å². The van der Waals surface area contributed by atoms with Gasteiger partial charge in [-0.05, 0) is 30.7 Å². The fraction of sp³-hybridized carbons (Fsp3) is 0.520. The van der Waals surface area contributed by atoms with E-state index in [-0.39, 0.29) is 35.8 Å². The number of carbonyl (C=O) groups excluding carboxylic acids is 2. The van der Waals surface area contributed by atoms with Gasteiger partial charge in [0, 0.05) is 37.8 Å². The molecule has 1 atom stereocenters. The molecule has 0 bridgehead atoms. The SMILES string of the molecule is CC(C)C(=O)Nc1cc(C(C)NC(=O)c2ccc(OCC(F)(F)F)nc2OCCN2CCOCC2)ccn1. The van der Waals surface area contributed by atoms with E-state index in [4.69, 9.17) is 14.2 Å². The Bertz CT molecular complexity index is 1090. The van der Waals surface area contributed by atoms with Crippen molar-refractivity contribution >= 4 is 17.6 Å². The highest BCUT2D eigenvalue weighted by molar-refractivity contribution is 5.96. The Morgan fingerprint density at radius 3 is 2.55 bits per heavy atom. The molecule has 3 heterocycles. The lowest BCUT2D eigenvalue weighted by Gasteiger charge is -2.26. The van der Waals surface area contributed by atoms with E-state index in [2.05, 4.69) is 25.5 Å². The first-order valence-electron chi connectivity index (χ1n) is 12.2. The smallest absolute Gasteiger partial charge is 0.422 e. The number of alkyl halides is 3. The molecule has 1 aliphatic heterocycles. The van der Waals surface area contributed by atoms with Crippen LogP contribution >= 0.6 is 0 Å². The molecule has 10 nitrogen and oxygen atoms in total. The van der Waals surface area contributed by atoms with Gasteiger partial charge in [0.1, 0.15) is 18.0 Å². The number of anilines is 1. The summed E-state index contributed by atoms with van der Waals surface area (Å²) in [7, 11) is 0. The van der Waals surface area contributed by atoms with E-state index >= 15 is 0 Å². The van der Waals surface area contributed by atoms with E-state index in [9.17, 15) is 22.8 Å². The first kappa shape index (κ1) is 29.1. The van der Waals surface area contributed by atoms with E-state index in [1.807, 2.05) is 0 Å². The zero-order chi connectivity index (χ0) is 27.7. The summed E-state index contributed by atoms with van der Waals surface area (Å²) in [6.45, 7) is 7.08. The lowest BCUT2D eigenvalue weighted by atomic mass is 10.1. The normalized spacial score (nSPS) is 15.1. The lowest BCUT2D eigenvalue weighted by molar-refractivity contribution is -0.154. The molecule has 1 aliphatic rings. The summed E-state index contributed by atoms with van der Waals surface area (Å²) in [5.41, 5.74) is 0.723. The van der Waals surface area contributed by atoms with Crippen molar-refractivity contribution < 1.29 is 37.0 Å². The number of nitrogens with one attached hydrogen (secondary N) is 2. The molecule has 0 aromatic carbocycles. The molecule has 3 rings (SSSR count). The number of amides is 2. The average molecular weight is 540 g/mol. The number of aromatic nitrogens is 2. The monoisotopic (exact) mass is 539 g/mol. The molecule has 38 heavy (non-hydrogen) atoms. The molecule has 0 aliphatic carbocycles. The molecular formula is C25H32F3N5O5. The van der Waals surface area contributed by atoms with Crippen LogP contribution in [-0.4, -0.2) is 78.9 Å². The number of morpholine rings is 1. The Labute approximate surface area is 218 Å². The van der Waals surface area contributed by atoms with Gasteiger partial charge in [-0.3, -0.25) is 14.5 Å². The number of ether oxygens (including phenoxy) is 3. The van der Waals surface area contributed by atoms with E-state index < -0.39 is 24.7 Å². The van der Waals surface area contributed by atoms with Crippen LogP contribution in [0.5, 0.6) is 11.8 Å². The minimum Gasteiger partial charge on any atom is -0.476 e. The Morgan fingerprint density at radius 2 is 1.87 bits per heavy atom. The van der Waals surface area contributed by atoms with Gasteiger partial charge in [0.25, 0.3) is 5.91 Å². The van der Waals surface area contributed by atoms with Crippen molar-refractivity contribution in [3.63, 3.8) is 0 Å². The number of hydrogen-bond acceptors (Lipinski definition) is 8. The van der Waals surface area contributed by atoms with Gasteiger partial charge >= 0.3 is 6.18 Å². The number of carbonyl (C=O) groups is 2. The Morgan fingerprint density at radius 1 is 1.13 bits per heavy atom. The van der Waals surface area contributed by atoms with E-state index in [0.717, 1.165) is 13.1 Å². The van der Waals surface area contributed by atoms with Crippen molar-refractivity contribution in [3.05, 3.63) is 41.6 Å². The van der Waals surface area contributed by atoms with E-state index in [1.165, 1.54) is 18.3 Å². The van der Waals surface area contributed by atoms with E-state index in [0.29, 0.717) is 31.1 Å². The minimum absolute atomic E-state index is 0.0422. The van der Waals surface area contributed by atoms with Crippen molar-refractivity contribution in [1.29, 1.82) is 0 Å². The van der Waals surface area contributed by atoms with Crippen LogP contribution in [-0.2, 0) is 9.53 Å². The van der Waals surface area contributed by atoms with Crippen LogP contribution in [0.3, 0.4) is 0 Å². The highest BCUT2D eigenvalue weighted by Crippen LogP contribution is 2.24. The molecule has 2 aromatic rings. The molecule has 2 amide bonds. The zero-order valence-corrected chi connectivity index (χ0v) is 21.5. The number of hydrogen-bond donors (Lipinski definition) is 2.